The van der Waals surface area contributed by atoms with Crippen molar-refractivity contribution < 1.29 is 23.8 Å². The van der Waals surface area contributed by atoms with Gasteiger partial charge in [-0.25, -0.2) is 0 Å². The summed E-state index contributed by atoms with van der Waals surface area (Å²) in [5.74, 6) is 1.45. The van der Waals surface area contributed by atoms with Gasteiger partial charge in [0.1, 0.15) is 11.8 Å². The van der Waals surface area contributed by atoms with E-state index >= 15 is 0 Å². The Morgan fingerprint density at radius 3 is 2.06 bits per heavy atom. The van der Waals surface area contributed by atoms with Gasteiger partial charge in [-0.1, -0.05) is 37.8 Å². The number of carbonyl (C=O) groups is 2. The molecule has 1 N–H and O–H groups in total. The molecule has 0 heterocycles. The third-order valence-electron chi connectivity index (χ3n) is 7.24. The number of rotatable bonds is 9. The molecule has 4 rings (SSSR count). The van der Waals surface area contributed by atoms with Gasteiger partial charge in [-0.2, -0.15) is 0 Å². The standard InChI is InChI=1S/C28H36N2O5/c1-33-23-15-12-19(13-16-23)26(27(31)29-21-8-4-5-9-21)30(22-10-6-7-11-22)28(32)20-14-17-24(34-2)25(18-20)35-3/h12-18,21-22,26H,4-11H2,1-3H3,(H,29,31)/t26-/m0/s1. The summed E-state index contributed by atoms with van der Waals surface area (Å²) in [4.78, 5) is 29.7. The van der Waals surface area contributed by atoms with Gasteiger partial charge in [0, 0.05) is 17.6 Å². The van der Waals surface area contributed by atoms with E-state index < -0.39 is 6.04 Å². The van der Waals surface area contributed by atoms with Crippen LogP contribution < -0.4 is 19.5 Å². The number of carbonyl (C=O) groups excluding carboxylic acids is 2. The summed E-state index contributed by atoms with van der Waals surface area (Å²) in [5.41, 5.74) is 1.25. The minimum Gasteiger partial charge on any atom is -0.497 e. The Bertz CT molecular complexity index is 1010. The second kappa shape index (κ2) is 11.5. The van der Waals surface area contributed by atoms with E-state index in [0.29, 0.717) is 22.8 Å². The summed E-state index contributed by atoms with van der Waals surface area (Å²) in [5, 5.41) is 3.25. The fourth-order valence-electron chi connectivity index (χ4n) is 5.37. The molecule has 0 saturated heterocycles. The largest absolute Gasteiger partial charge is 0.497 e. The molecular weight excluding hydrogens is 444 g/mol. The number of hydrogen-bond donors (Lipinski definition) is 1. The van der Waals surface area contributed by atoms with Crippen LogP contribution in [0.5, 0.6) is 17.2 Å². The van der Waals surface area contributed by atoms with Crippen molar-refractivity contribution in [3.63, 3.8) is 0 Å². The summed E-state index contributed by atoms with van der Waals surface area (Å²) in [6, 6.07) is 12.1. The van der Waals surface area contributed by atoms with Crippen LogP contribution in [0.2, 0.25) is 0 Å². The van der Waals surface area contributed by atoms with E-state index in [9.17, 15) is 9.59 Å². The summed E-state index contributed by atoms with van der Waals surface area (Å²) in [6.07, 6.45) is 8.04. The first-order valence-electron chi connectivity index (χ1n) is 12.5. The highest BCUT2D eigenvalue weighted by Gasteiger charge is 2.39. The van der Waals surface area contributed by atoms with E-state index in [0.717, 1.165) is 56.9 Å². The first-order chi connectivity index (χ1) is 17.0. The van der Waals surface area contributed by atoms with Crippen LogP contribution in [0.25, 0.3) is 0 Å². The van der Waals surface area contributed by atoms with Crippen LogP contribution in [0.4, 0.5) is 0 Å². The Labute approximate surface area is 207 Å². The fourth-order valence-corrected chi connectivity index (χ4v) is 5.37. The molecule has 2 aliphatic carbocycles. The van der Waals surface area contributed by atoms with Crippen LogP contribution in [-0.4, -0.2) is 50.1 Å². The molecule has 1 atom stereocenters. The van der Waals surface area contributed by atoms with Crippen molar-refractivity contribution in [2.75, 3.05) is 21.3 Å². The molecule has 2 saturated carbocycles. The Kier molecular flexibility index (Phi) is 8.16. The molecule has 0 aromatic heterocycles. The SMILES string of the molecule is COc1ccc([C@@H](C(=O)NC2CCCC2)N(C(=O)c2ccc(OC)c(OC)c2)C2CCCC2)cc1. The lowest BCUT2D eigenvalue weighted by Crippen LogP contribution is -2.49. The molecule has 2 aliphatic rings. The van der Waals surface area contributed by atoms with Crippen LogP contribution in [0.3, 0.4) is 0 Å². The molecule has 2 aromatic carbocycles. The van der Waals surface area contributed by atoms with Gasteiger partial charge in [-0.15, -0.1) is 0 Å². The molecule has 0 spiro atoms. The van der Waals surface area contributed by atoms with Crippen molar-refractivity contribution in [3.05, 3.63) is 53.6 Å². The normalized spacial score (nSPS) is 17.1. The van der Waals surface area contributed by atoms with Gasteiger partial charge >= 0.3 is 0 Å². The topological polar surface area (TPSA) is 77.1 Å². The van der Waals surface area contributed by atoms with Crippen LogP contribution in [0.15, 0.2) is 42.5 Å². The molecule has 0 aliphatic heterocycles. The van der Waals surface area contributed by atoms with Gasteiger partial charge < -0.3 is 24.4 Å². The molecular formula is C28H36N2O5. The first kappa shape index (κ1) is 24.9. The van der Waals surface area contributed by atoms with E-state index in [1.165, 1.54) is 0 Å². The average Bonchev–Trinajstić information content (AvgIpc) is 3.61. The maximum absolute atomic E-state index is 14.1. The fraction of sp³-hybridized carbons (Fsp3) is 0.500. The smallest absolute Gasteiger partial charge is 0.255 e. The Hall–Kier alpha value is -3.22. The average molecular weight is 481 g/mol. The molecule has 2 aromatic rings. The molecule has 0 radical (unpaired) electrons. The molecule has 0 unspecified atom stereocenters. The van der Waals surface area contributed by atoms with Crippen LogP contribution in [0.1, 0.15) is 73.3 Å². The number of methoxy groups -OCH3 is 3. The number of nitrogens with one attached hydrogen (secondary N) is 1. The predicted molar refractivity (Wildman–Crippen MR) is 134 cm³/mol. The van der Waals surface area contributed by atoms with E-state index in [1.807, 2.05) is 24.3 Å². The molecule has 35 heavy (non-hydrogen) atoms. The van der Waals surface area contributed by atoms with Crippen LogP contribution in [0, 0.1) is 0 Å². The second-order valence-electron chi connectivity index (χ2n) is 9.39. The zero-order valence-corrected chi connectivity index (χ0v) is 20.9. The zero-order valence-electron chi connectivity index (χ0n) is 20.9. The monoisotopic (exact) mass is 480 g/mol. The Balaban J connectivity index is 1.75. The maximum atomic E-state index is 14.1. The third-order valence-corrected chi connectivity index (χ3v) is 7.24. The number of nitrogens with zero attached hydrogens (tertiary/aromatic N) is 1. The van der Waals surface area contributed by atoms with Gasteiger partial charge in [0.15, 0.2) is 11.5 Å². The summed E-state index contributed by atoms with van der Waals surface area (Å²) >= 11 is 0. The van der Waals surface area contributed by atoms with Crippen molar-refractivity contribution in [1.29, 1.82) is 0 Å². The number of benzene rings is 2. The molecule has 7 heteroatoms. The molecule has 188 valence electrons. The Morgan fingerprint density at radius 1 is 0.829 bits per heavy atom. The molecule has 2 fully saturated rings. The molecule has 2 amide bonds. The lowest BCUT2D eigenvalue weighted by Gasteiger charge is -2.37. The molecule has 0 bridgehead atoms. The highest BCUT2D eigenvalue weighted by molar-refractivity contribution is 5.98. The lowest BCUT2D eigenvalue weighted by molar-refractivity contribution is -0.127. The van der Waals surface area contributed by atoms with E-state index in [1.54, 1.807) is 44.4 Å². The van der Waals surface area contributed by atoms with Gasteiger partial charge in [0.25, 0.3) is 5.91 Å². The highest BCUT2D eigenvalue weighted by atomic mass is 16.5. The lowest BCUT2D eigenvalue weighted by atomic mass is 9.99. The predicted octanol–water partition coefficient (Wildman–Crippen LogP) is 4.90. The van der Waals surface area contributed by atoms with E-state index in [-0.39, 0.29) is 23.9 Å². The summed E-state index contributed by atoms with van der Waals surface area (Å²) in [7, 11) is 4.73. The minimum atomic E-state index is -0.731. The number of amides is 2. The second-order valence-corrected chi connectivity index (χ2v) is 9.39. The van der Waals surface area contributed by atoms with Crippen molar-refractivity contribution in [1.82, 2.24) is 10.2 Å². The third kappa shape index (κ3) is 5.55. The quantitative estimate of drug-likeness (QED) is 0.553. The van der Waals surface area contributed by atoms with Gasteiger partial charge in [-0.05, 0) is 61.6 Å². The van der Waals surface area contributed by atoms with Crippen molar-refractivity contribution in [3.8, 4) is 17.2 Å². The summed E-state index contributed by atoms with van der Waals surface area (Å²) in [6.45, 7) is 0. The van der Waals surface area contributed by atoms with Crippen molar-refractivity contribution in [2.45, 2.75) is 69.5 Å². The highest BCUT2D eigenvalue weighted by Crippen LogP contribution is 2.36. The van der Waals surface area contributed by atoms with Crippen LogP contribution >= 0.6 is 0 Å². The zero-order chi connectivity index (χ0) is 24.8. The Morgan fingerprint density at radius 2 is 1.46 bits per heavy atom. The summed E-state index contributed by atoms with van der Waals surface area (Å²) < 4.78 is 16.1. The van der Waals surface area contributed by atoms with Crippen LogP contribution in [-0.2, 0) is 4.79 Å². The number of ether oxygens (including phenoxy) is 3. The van der Waals surface area contributed by atoms with Gasteiger partial charge in [0.05, 0.1) is 21.3 Å². The van der Waals surface area contributed by atoms with E-state index in [2.05, 4.69) is 5.32 Å². The first-order valence-corrected chi connectivity index (χ1v) is 12.5. The van der Waals surface area contributed by atoms with E-state index in [4.69, 9.17) is 14.2 Å². The molecule has 7 nitrogen and oxygen atoms in total. The number of hydrogen-bond acceptors (Lipinski definition) is 5. The van der Waals surface area contributed by atoms with Gasteiger partial charge in [-0.3, -0.25) is 9.59 Å². The maximum Gasteiger partial charge on any atom is 0.255 e. The van der Waals surface area contributed by atoms with Crippen molar-refractivity contribution in [2.24, 2.45) is 0 Å². The van der Waals surface area contributed by atoms with Gasteiger partial charge in [0.2, 0.25) is 5.91 Å². The van der Waals surface area contributed by atoms with Crippen molar-refractivity contribution >= 4 is 11.8 Å². The minimum absolute atomic E-state index is 0.0166.